The molecule has 1 atom stereocenters. The molecule has 0 aliphatic heterocycles. The van der Waals surface area contributed by atoms with Crippen LogP contribution in [0.1, 0.15) is 46.0 Å². The van der Waals surface area contributed by atoms with Gasteiger partial charge in [0.25, 0.3) is 0 Å². The average Bonchev–Trinajstić information content (AvgIpc) is 2.38. The number of ether oxygens (including phenoxy) is 1. The van der Waals surface area contributed by atoms with Crippen molar-refractivity contribution in [3.05, 3.63) is 16.1 Å². The maximum atomic E-state index is 6.05. The zero-order chi connectivity index (χ0) is 14.3. The predicted molar refractivity (Wildman–Crippen MR) is 80.9 cm³/mol. The van der Waals surface area contributed by atoms with Gasteiger partial charge in [0.2, 0.25) is 5.88 Å². The molecule has 0 aromatic carbocycles. The lowest BCUT2D eigenvalue weighted by molar-refractivity contribution is 0.198. The van der Waals surface area contributed by atoms with E-state index in [1.807, 2.05) is 6.92 Å². The zero-order valence-corrected chi connectivity index (χ0v) is 12.9. The van der Waals surface area contributed by atoms with Crippen molar-refractivity contribution in [2.24, 2.45) is 5.84 Å². The molecule has 0 saturated heterocycles. The molecule has 0 radical (unpaired) electrons. The molecule has 1 aromatic rings. The van der Waals surface area contributed by atoms with E-state index in [1.54, 1.807) is 6.07 Å². The van der Waals surface area contributed by atoms with E-state index in [0.717, 1.165) is 12.8 Å². The molecule has 0 saturated carbocycles. The summed E-state index contributed by atoms with van der Waals surface area (Å²) < 4.78 is 5.73. The van der Waals surface area contributed by atoms with Crippen LogP contribution in [-0.4, -0.2) is 11.1 Å². The first-order chi connectivity index (χ1) is 9.08. The molecular weight excluding hydrogens is 285 g/mol. The molecule has 3 N–H and O–H groups in total. The van der Waals surface area contributed by atoms with E-state index in [4.69, 9.17) is 33.8 Å². The van der Waals surface area contributed by atoms with E-state index in [1.165, 1.54) is 19.3 Å². The van der Waals surface area contributed by atoms with Gasteiger partial charge in [-0.05, 0) is 25.8 Å². The van der Waals surface area contributed by atoms with Gasteiger partial charge in [0.05, 0.1) is 11.1 Å². The molecule has 4 nitrogen and oxygen atoms in total. The average molecular weight is 306 g/mol. The van der Waals surface area contributed by atoms with E-state index in [2.05, 4.69) is 17.3 Å². The minimum atomic E-state index is 0.0636. The number of nitrogen functional groups attached to an aromatic ring is 1. The number of unbranched alkanes of at least 4 members (excludes halogenated alkanes) is 3. The highest BCUT2D eigenvalue weighted by Gasteiger charge is 2.12. The van der Waals surface area contributed by atoms with Crippen molar-refractivity contribution in [1.29, 1.82) is 0 Å². The summed E-state index contributed by atoms with van der Waals surface area (Å²) in [5.74, 6) is 6.04. The quantitative estimate of drug-likeness (QED) is 0.424. The van der Waals surface area contributed by atoms with Crippen molar-refractivity contribution in [3.63, 3.8) is 0 Å². The lowest BCUT2D eigenvalue weighted by atomic mass is 10.1. The van der Waals surface area contributed by atoms with Gasteiger partial charge in [0.1, 0.15) is 5.02 Å². The van der Waals surface area contributed by atoms with E-state index in [0.29, 0.717) is 21.7 Å². The molecule has 0 bridgehead atoms. The standard InChI is InChI=1S/C13H21Cl2N3O/c1-3-4-5-6-7-9(2)19-13-11(15)8-10(14)12(17-13)18-16/h8-9H,3-7,16H2,1-2H3,(H,17,18). The Kier molecular flexibility index (Phi) is 7.28. The second-order valence-corrected chi connectivity index (χ2v) is 5.34. The first kappa shape index (κ1) is 16.3. The third-order valence-corrected chi connectivity index (χ3v) is 3.37. The van der Waals surface area contributed by atoms with Gasteiger partial charge in [-0.2, -0.15) is 4.98 Å². The fourth-order valence-electron chi connectivity index (χ4n) is 1.74. The summed E-state index contributed by atoms with van der Waals surface area (Å²) >= 11 is 12.0. The second-order valence-electron chi connectivity index (χ2n) is 4.53. The zero-order valence-electron chi connectivity index (χ0n) is 11.4. The van der Waals surface area contributed by atoms with Gasteiger partial charge in [-0.25, -0.2) is 5.84 Å². The number of pyridine rings is 1. The van der Waals surface area contributed by atoms with Crippen LogP contribution in [0.2, 0.25) is 10.0 Å². The Balaban J connectivity index is 2.56. The van der Waals surface area contributed by atoms with Crippen LogP contribution in [0.15, 0.2) is 6.07 Å². The Bertz CT molecular complexity index is 402. The summed E-state index contributed by atoms with van der Waals surface area (Å²) in [5.41, 5.74) is 2.41. The monoisotopic (exact) mass is 305 g/mol. The fourth-order valence-corrected chi connectivity index (χ4v) is 2.20. The topological polar surface area (TPSA) is 60.2 Å². The number of rotatable bonds is 8. The minimum absolute atomic E-state index is 0.0636. The van der Waals surface area contributed by atoms with E-state index in [9.17, 15) is 0 Å². The van der Waals surface area contributed by atoms with Crippen molar-refractivity contribution in [2.75, 3.05) is 5.43 Å². The smallest absolute Gasteiger partial charge is 0.234 e. The number of nitrogens with zero attached hydrogens (tertiary/aromatic N) is 1. The summed E-state index contributed by atoms with van der Waals surface area (Å²) in [4.78, 5) is 4.15. The molecule has 6 heteroatoms. The number of hydrazine groups is 1. The van der Waals surface area contributed by atoms with E-state index >= 15 is 0 Å². The van der Waals surface area contributed by atoms with Crippen LogP contribution in [0.25, 0.3) is 0 Å². The summed E-state index contributed by atoms with van der Waals surface area (Å²) in [6.07, 6.45) is 5.89. The first-order valence-electron chi connectivity index (χ1n) is 6.57. The van der Waals surface area contributed by atoms with Gasteiger partial charge < -0.3 is 10.2 Å². The van der Waals surface area contributed by atoms with E-state index in [-0.39, 0.29) is 6.10 Å². The summed E-state index contributed by atoms with van der Waals surface area (Å²) in [6.45, 7) is 4.20. The second kappa shape index (κ2) is 8.46. The van der Waals surface area contributed by atoms with Crippen molar-refractivity contribution in [3.8, 4) is 5.88 Å². The van der Waals surface area contributed by atoms with Gasteiger partial charge >= 0.3 is 0 Å². The van der Waals surface area contributed by atoms with Crippen LogP contribution in [0.3, 0.4) is 0 Å². The van der Waals surface area contributed by atoms with Crippen LogP contribution < -0.4 is 16.0 Å². The fraction of sp³-hybridized carbons (Fsp3) is 0.615. The maximum Gasteiger partial charge on any atom is 0.234 e. The highest BCUT2D eigenvalue weighted by Crippen LogP contribution is 2.31. The van der Waals surface area contributed by atoms with Gasteiger partial charge in [0, 0.05) is 0 Å². The molecule has 1 heterocycles. The molecule has 108 valence electrons. The number of halogens is 2. The number of hydrogen-bond acceptors (Lipinski definition) is 4. The maximum absolute atomic E-state index is 6.05. The van der Waals surface area contributed by atoms with Crippen molar-refractivity contribution in [2.45, 2.75) is 52.1 Å². The van der Waals surface area contributed by atoms with Crippen LogP contribution in [-0.2, 0) is 0 Å². The van der Waals surface area contributed by atoms with Crippen LogP contribution in [0.5, 0.6) is 5.88 Å². The normalized spacial score (nSPS) is 12.3. The molecule has 19 heavy (non-hydrogen) atoms. The predicted octanol–water partition coefficient (Wildman–Crippen LogP) is 4.41. The Morgan fingerprint density at radius 3 is 2.68 bits per heavy atom. The molecule has 1 aromatic heterocycles. The first-order valence-corrected chi connectivity index (χ1v) is 7.33. The number of nitrogens with one attached hydrogen (secondary N) is 1. The highest BCUT2D eigenvalue weighted by molar-refractivity contribution is 6.36. The Labute approximate surface area is 124 Å². The third kappa shape index (κ3) is 5.43. The van der Waals surface area contributed by atoms with Crippen LogP contribution in [0.4, 0.5) is 5.82 Å². The van der Waals surface area contributed by atoms with Crippen LogP contribution in [0, 0.1) is 0 Å². The van der Waals surface area contributed by atoms with Crippen molar-refractivity contribution >= 4 is 29.0 Å². The number of aromatic nitrogens is 1. The number of hydrogen-bond donors (Lipinski definition) is 2. The molecule has 0 amide bonds. The summed E-state index contributed by atoms with van der Waals surface area (Å²) in [6, 6.07) is 1.57. The lowest BCUT2D eigenvalue weighted by Gasteiger charge is -2.16. The highest BCUT2D eigenvalue weighted by atomic mass is 35.5. The van der Waals surface area contributed by atoms with Crippen molar-refractivity contribution < 1.29 is 4.74 Å². The molecule has 0 fully saturated rings. The molecule has 0 aliphatic rings. The third-order valence-electron chi connectivity index (χ3n) is 2.81. The number of anilines is 1. The Morgan fingerprint density at radius 1 is 1.32 bits per heavy atom. The van der Waals surface area contributed by atoms with Crippen LogP contribution >= 0.6 is 23.2 Å². The molecular formula is C13H21Cl2N3O. The Hall–Kier alpha value is -0.710. The summed E-state index contributed by atoms with van der Waals surface area (Å²) in [7, 11) is 0. The van der Waals surface area contributed by atoms with Gasteiger partial charge in [-0.1, -0.05) is 49.4 Å². The minimum Gasteiger partial charge on any atom is -0.474 e. The van der Waals surface area contributed by atoms with Gasteiger partial charge in [-0.3, -0.25) is 0 Å². The van der Waals surface area contributed by atoms with Crippen molar-refractivity contribution in [1.82, 2.24) is 4.98 Å². The largest absolute Gasteiger partial charge is 0.474 e. The SMILES string of the molecule is CCCCCCC(C)Oc1nc(NN)c(Cl)cc1Cl. The molecule has 1 rings (SSSR count). The lowest BCUT2D eigenvalue weighted by Crippen LogP contribution is -2.15. The number of nitrogens with two attached hydrogens (primary N) is 1. The summed E-state index contributed by atoms with van der Waals surface area (Å²) in [5, 5.41) is 0.764. The van der Waals surface area contributed by atoms with Gasteiger partial charge in [0.15, 0.2) is 5.82 Å². The molecule has 0 spiro atoms. The molecule has 1 unspecified atom stereocenters. The Morgan fingerprint density at radius 2 is 2.05 bits per heavy atom. The van der Waals surface area contributed by atoms with Gasteiger partial charge in [-0.15, -0.1) is 0 Å². The molecule has 0 aliphatic carbocycles. The van der Waals surface area contributed by atoms with E-state index < -0.39 is 0 Å².